The number of carbonyl (C=O) groups excluding carboxylic acids is 2. The van der Waals surface area contributed by atoms with Crippen molar-refractivity contribution in [3.63, 3.8) is 0 Å². The summed E-state index contributed by atoms with van der Waals surface area (Å²) in [6.07, 6.45) is -57.2. The van der Waals surface area contributed by atoms with Gasteiger partial charge in [0.2, 0.25) is 5.71 Å². The standard InChI is InChI=1S/C6H3F6NO2.C5H6F5N.C5H5F5.C4H3F6N.C4H4F6O.C4H2F6.C4H6F3N.C4H5F3.C4H9N.C3H5F3/c1-13-2(14)4(7,8)6(11,12)5(9,10)3(13)15;1-3(11-2)4(6,7)5(8,9)10;1-3(2)4(6,7)5(8,9)10;1-11-2(3(5,6)7)4(8,9)10;1-2(11,3(5,6)7)4(8,9)10;1-2(3(5,6)7)4(8,9)10;1-3(8-2)4(5,6)7;1-3(2)4(5,6)7;1-4(2)5-3;1-2-3(4,5)6/h1H3;1-2H3;1H2,2H3;1H3;11H,1H3;1H2;1-2H3;1H2,2H3;1-3H3;2H2,1H3. The van der Waals surface area contributed by atoms with Crippen molar-refractivity contribution in [3.8, 4) is 0 Å². The first-order chi connectivity index (χ1) is 40.0. The van der Waals surface area contributed by atoms with Gasteiger partial charge >= 0.3 is 109 Å². The molecule has 2 amide bonds. The second-order valence-corrected chi connectivity index (χ2v) is 16.5. The first-order valence-corrected chi connectivity index (χ1v) is 22.0. The number of carbonyl (C=O) groups is 2. The summed E-state index contributed by atoms with van der Waals surface area (Å²) in [5, 5.41) is 7.94. The minimum Gasteiger partial charge on any atom is -0.374 e. The fourth-order valence-electron chi connectivity index (χ4n) is 2.43. The summed E-state index contributed by atoms with van der Waals surface area (Å²) in [6, 6.07) is 0. The highest BCUT2D eigenvalue weighted by molar-refractivity contribution is 6.06. The molecule has 0 radical (unpaired) electrons. The topological polar surface area (TPSA) is 107 Å². The molecule has 8 nitrogen and oxygen atoms in total. The highest BCUT2D eigenvalue weighted by atomic mass is 19.5. The molecule has 0 aromatic rings. The lowest BCUT2D eigenvalue weighted by atomic mass is 9.97. The molecule has 1 saturated heterocycles. The number of hydrogen-bond donors (Lipinski definition) is 1. The van der Waals surface area contributed by atoms with Crippen molar-refractivity contribution < 1.29 is 203 Å². The highest BCUT2D eigenvalue weighted by Crippen LogP contribution is 2.50. The van der Waals surface area contributed by atoms with Crippen LogP contribution in [-0.4, -0.2) is 183 Å². The van der Waals surface area contributed by atoms with Crippen molar-refractivity contribution in [1.29, 1.82) is 0 Å². The number of imide groups is 1. The Kier molecular flexibility index (Phi) is 42.6. The predicted octanol–water partition coefficient (Wildman–Crippen LogP) is 19.5. The molecule has 0 atom stereocenters. The van der Waals surface area contributed by atoms with Gasteiger partial charge in [-0.25, -0.2) is 0 Å². The maximum absolute atomic E-state index is 12.5. The molecule has 0 aromatic carbocycles. The van der Waals surface area contributed by atoms with Crippen molar-refractivity contribution in [2.24, 2.45) is 20.0 Å². The number of piperidine rings is 1. The van der Waals surface area contributed by atoms with Gasteiger partial charge in [-0.3, -0.25) is 34.5 Å². The Morgan fingerprint density at radius 2 is 0.638 bits per heavy atom. The first kappa shape index (κ1) is 107. The van der Waals surface area contributed by atoms with Crippen LogP contribution in [0.4, 0.5) is 189 Å². The molecule has 1 aliphatic heterocycles. The average molecular weight is 1500 g/mol. The van der Waals surface area contributed by atoms with Crippen LogP contribution in [0, 0.1) is 0 Å². The summed E-state index contributed by atoms with van der Waals surface area (Å²) >= 11 is 0. The van der Waals surface area contributed by atoms with Crippen LogP contribution in [0.3, 0.4) is 0 Å². The number of halogens is 43. The molecule has 1 rings (SSSR count). The third-order valence-corrected chi connectivity index (χ3v) is 8.60. The van der Waals surface area contributed by atoms with E-state index in [0.29, 0.717) is 20.9 Å². The summed E-state index contributed by atoms with van der Waals surface area (Å²) in [7, 11) is 4.51. The molecule has 0 bridgehead atoms. The first-order valence-electron chi connectivity index (χ1n) is 22.0. The number of hydrogen-bond acceptors (Lipinski definition) is 7. The van der Waals surface area contributed by atoms with E-state index < -0.39 is 160 Å². The lowest BCUT2D eigenvalue weighted by molar-refractivity contribution is -0.360. The normalized spacial score (nSPS) is 15.6. The molecule has 0 unspecified atom stereocenters. The van der Waals surface area contributed by atoms with E-state index in [4.69, 9.17) is 5.11 Å². The molecule has 94 heavy (non-hydrogen) atoms. The molecule has 0 saturated carbocycles. The Hall–Kier alpha value is -6.01. The van der Waals surface area contributed by atoms with Crippen LogP contribution < -0.4 is 0 Å². The molecule has 564 valence electrons. The lowest BCUT2D eigenvalue weighted by Gasteiger charge is -2.38. The molecule has 1 N–H and O–H groups in total. The summed E-state index contributed by atoms with van der Waals surface area (Å²) in [4.78, 5) is 31.9. The van der Waals surface area contributed by atoms with Crippen LogP contribution >= 0.6 is 0 Å². The molecule has 1 fully saturated rings. The zero-order chi connectivity index (χ0) is 79.8. The smallest absolute Gasteiger partial charge is 0.374 e. The van der Waals surface area contributed by atoms with Gasteiger partial charge in [0, 0.05) is 52.9 Å². The molecule has 1 heterocycles. The Morgan fingerprint density at radius 1 is 0.404 bits per heavy atom. The van der Waals surface area contributed by atoms with Crippen molar-refractivity contribution in [2.75, 3.05) is 35.2 Å². The van der Waals surface area contributed by atoms with Gasteiger partial charge in [-0.1, -0.05) is 26.7 Å². The Morgan fingerprint density at radius 3 is 0.691 bits per heavy atom. The highest BCUT2D eigenvalue weighted by Gasteiger charge is 2.82. The van der Waals surface area contributed by atoms with Gasteiger partial charge in [0.15, 0.2) is 0 Å². The van der Waals surface area contributed by atoms with Crippen LogP contribution in [0.2, 0.25) is 0 Å². The molecule has 1 aliphatic rings. The minimum atomic E-state index is -6.01. The van der Waals surface area contributed by atoms with Gasteiger partial charge in [-0.2, -0.15) is 189 Å². The summed E-state index contributed by atoms with van der Waals surface area (Å²) in [6.45, 7) is 14.9. The number of amides is 2. The zero-order valence-electron chi connectivity index (χ0n) is 48.6. The van der Waals surface area contributed by atoms with Crippen molar-refractivity contribution in [3.05, 3.63) is 36.5 Å². The van der Waals surface area contributed by atoms with E-state index in [0.717, 1.165) is 40.6 Å². The van der Waals surface area contributed by atoms with Crippen LogP contribution in [-0.2, 0) is 9.59 Å². The van der Waals surface area contributed by atoms with E-state index in [2.05, 4.69) is 33.1 Å². The molecule has 51 heteroatoms. The fraction of sp³-hybridized carbons (Fsp3) is 0.721. The van der Waals surface area contributed by atoms with E-state index in [-0.39, 0.29) is 14.0 Å². The third-order valence-electron chi connectivity index (χ3n) is 8.60. The molecule has 0 aromatic heterocycles. The number of aliphatic imine (C=N–C) groups is 4. The predicted molar refractivity (Wildman–Crippen MR) is 245 cm³/mol. The van der Waals surface area contributed by atoms with Crippen LogP contribution in [0.25, 0.3) is 0 Å². The number of alkyl halides is 43. The number of likely N-dealkylation sites (tertiary alicyclic amines) is 1. The number of nitrogens with zero attached hydrogens (tertiary/aromatic N) is 5. The van der Waals surface area contributed by atoms with Gasteiger partial charge in [0.25, 0.3) is 5.60 Å². The van der Waals surface area contributed by atoms with Crippen molar-refractivity contribution >= 4 is 34.7 Å². The fourth-order valence-corrected chi connectivity index (χ4v) is 2.43. The van der Waals surface area contributed by atoms with Gasteiger partial charge in [0.1, 0.15) is 11.3 Å². The van der Waals surface area contributed by atoms with E-state index >= 15 is 0 Å². The van der Waals surface area contributed by atoms with Crippen molar-refractivity contribution in [2.45, 2.75) is 165 Å². The van der Waals surface area contributed by atoms with E-state index in [1.54, 1.807) is 7.05 Å². The molecule has 0 aliphatic carbocycles. The number of aliphatic hydroxyl groups is 1. The van der Waals surface area contributed by atoms with E-state index in [1.807, 2.05) is 20.4 Å². The van der Waals surface area contributed by atoms with Crippen LogP contribution in [0.1, 0.15) is 61.8 Å². The number of rotatable bonds is 2. The molecular weight excluding hydrogens is 1450 g/mol. The maximum Gasteiger partial charge on any atom is 0.459 e. The summed E-state index contributed by atoms with van der Waals surface area (Å²) < 4.78 is 494. The van der Waals surface area contributed by atoms with Crippen LogP contribution in [0.15, 0.2) is 56.4 Å². The SMILES string of the molecule is C=C(C(F)(F)F)C(F)(F)F.C=C(C)C(F)(F)C(F)(F)F.C=C(C)C(F)(F)F.CC(O)(C(F)(F)F)C(F)(F)F.CCC(F)(F)F.CN1C(=O)C(F)(F)C(F)(F)C(F)(F)C1=O.CN=C(C(F)(F)F)C(F)(F)F.CN=C(C)C.CN=C(C)C(F)(F)C(F)(F)F.CN=C(C)C(F)(F)F. The molecular formula is C43H48F43N5O3. The third kappa shape index (κ3) is 38.5. The number of allylic oxidation sites excluding steroid dienone is 3. The quantitative estimate of drug-likeness (QED) is 0.129. The average Bonchev–Trinajstić information content (AvgIpc) is 0.720. The Labute approximate surface area is 500 Å². The van der Waals surface area contributed by atoms with E-state index in [9.17, 15) is 198 Å². The maximum atomic E-state index is 12.5. The second kappa shape index (κ2) is 37.5. The van der Waals surface area contributed by atoms with Crippen LogP contribution in [0.5, 0.6) is 0 Å². The second-order valence-electron chi connectivity index (χ2n) is 16.5. The van der Waals surface area contributed by atoms with Gasteiger partial charge in [-0.15, -0.1) is 0 Å². The zero-order valence-corrected chi connectivity index (χ0v) is 48.6. The Bertz CT molecular complexity index is 2360. The Balaban J connectivity index is -0.000000124. The lowest BCUT2D eigenvalue weighted by Crippen LogP contribution is -2.71. The monoisotopic (exact) mass is 1500 g/mol. The van der Waals surface area contributed by atoms with Crippen molar-refractivity contribution in [1.82, 2.24) is 4.90 Å². The van der Waals surface area contributed by atoms with Gasteiger partial charge < -0.3 is 5.11 Å². The van der Waals surface area contributed by atoms with Gasteiger partial charge in [-0.05, 0) is 54.0 Å². The summed E-state index contributed by atoms with van der Waals surface area (Å²) in [5.41, 5.74) is -12.9. The van der Waals surface area contributed by atoms with E-state index in [1.165, 1.54) is 0 Å². The summed E-state index contributed by atoms with van der Waals surface area (Å²) in [5.74, 6) is -32.1. The van der Waals surface area contributed by atoms with Gasteiger partial charge in [0.05, 0.1) is 5.71 Å². The molecule has 0 spiro atoms. The minimum absolute atomic E-state index is 0.279. The largest absolute Gasteiger partial charge is 0.459 e.